The predicted octanol–water partition coefficient (Wildman–Crippen LogP) is 3.76. The summed E-state index contributed by atoms with van der Waals surface area (Å²) < 4.78 is 0.923. The van der Waals surface area contributed by atoms with Crippen LogP contribution in [0.5, 0.6) is 0 Å². The van der Waals surface area contributed by atoms with Crippen LogP contribution in [0.1, 0.15) is 31.4 Å². The zero-order chi connectivity index (χ0) is 13.2. The molecular formula is C15H19BrN2. The minimum atomic E-state index is -0.201. The summed E-state index contributed by atoms with van der Waals surface area (Å²) in [5, 5.41) is 0. The van der Waals surface area contributed by atoms with Gasteiger partial charge in [0, 0.05) is 10.0 Å². The van der Waals surface area contributed by atoms with Gasteiger partial charge < -0.3 is 5.43 Å². The maximum atomic E-state index is 3.93. The minimum Gasteiger partial charge on any atom is -0.320 e. The molecule has 3 heteroatoms. The third-order valence-corrected chi connectivity index (χ3v) is 4.25. The molecule has 2 nitrogen and oxygen atoms in total. The van der Waals surface area contributed by atoms with Crippen molar-refractivity contribution in [3.63, 3.8) is 0 Å². The summed E-state index contributed by atoms with van der Waals surface area (Å²) in [7, 11) is 0. The number of fused-ring (bicyclic) bond motifs is 1. The largest absolute Gasteiger partial charge is 0.320 e. The van der Waals surface area contributed by atoms with Gasteiger partial charge in [-0.1, -0.05) is 52.9 Å². The first-order valence-corrected chi connectivity index (χ1v) is 6.96. The van der Waals surface area contributed by atoms with Crippen molar-refractivity contribution < 1.29 is 0 Å². The van der Waals surface area contributed by atoms with Crippen LogP contribution in [-0.4, -0.2) is 5.54 Å². The van der Waals surface area contributed by atoms with E-state index in [1.54, 1.807) is 0 Å². The number of hydrogen-bond donors (Lipinski definition) is 2. The molecule has 1 aliphatic rings. The second kappa shape index (κ2) is 5.29. The lowest BCUT2D eigenvalue weighted by Crippen LogP contribution is -2.47. The van der Waals surface area contributed by atoms with E-state index in [1.165, 1.54) is 11.1 Å². The van der Waals surface area contributed by atoms with Gasteiger partial charge in [0.25, 0.3) is 0 Å². The lowest BCUT2D eigenvalue weighted by atomic mass is 9.95. The molecule has 96 valence electrons. The van der Waals surface area contributed by atoms with Gasteiger partial charge in [0.05, 0.1) is 11.2 Å². The maximum Gasteiger partial charge on any atom is 0.0622 e. The Bertz CT molecular complexity index is 489. The predicted molar refractivity (Wildman–Crippen MR) is 81.2 cm³/mol. The number of nitrogens with one attached hydrogen (secondary N) is 2. The molecular weight excluding hydrogens is 288 g/mol. The topological polar surface area (TPSA) is 24.1 Å². The Morgan fingerprint density at radius 2 is 2.06 bits per heavy atom. The molecule has 0 spiro atoms. The van der Waals surface area contributed by atoms with Crippen LogP contribution < -0.4 is 10.9 Å². The van der Waals surface area contributed by atoms with E-state index in [4.69, 9.17) is 0 Å². The van der Waals surface area contributed by atoms with Crippen molar-refractivity contribution in [1.82, 2.24) is 10.9 Å². The summed E-state index contributed by atoms with van der Waals surface area (Å²) in [6, 6.07) is 8.53. The van der Waals surface area contributed by atoms with Crippen molar-refractivity contribution in [2.75, 3.05) is 0 Å². The molecule has 2 rings (SSSR count). The van der Waals surface area contributed by atoms with Crippen LogP contribution >= 0.6 is 15.9 Å². The van der Waals surface area contributed by atoms with Gasteiger partial charge in [-0.15, -0.1) is 0 Å². The lowest BCUT2D eigenvalue weighted by molar-refractivity contribution is 0.439. The molecule has 0 atom stereocenters. The van der Waals surface area contributed by atoms with Gasteiger partial charge in [-0.2, -0.15) is 0 Å². The fourth-order valence-corrected chi connectivity index (χ4v) is 1.99. The molecule has 1 aromatic rings. The molecule has 0 fully saturated rings. The van der Waals surface area contributed by atoms with E-state index in [2.05, 4.69) is 77.5 Å². The van der Waals surface area contributed by atoms with E-state index in [-0.39, 0.29) is 5.54 Å². The average Bonchev–Trinajstić information content (AvgIpc) is 2.36. The van der Waals surface area contributed by atoms with Crippen LogP contribution in [0.15, 0.2) is 41.4 Å². The smallest absolute Gasteiger partial charge is 0.0622 e. The molecule has 18 heavy (non-hydrogen) atoms. The third-order valence-electron chi connectivity index (χ3n) is 3.26. The minimum absolute atomic E-state index is 0.201. The van der Waals surface area contributed by atoms with Crippen LogP contribution in [0.3, 0.4) is 0 Å². The van der Waals surface area contributed by atoms with E-state index in [0.717, 1.165) is 23.0 Å². The van der Waals surface area contributed by atoms with Gasteiger partial charge in [0.15, 0.2) is 0 Å². The summed E-state index contributed by atoms with van der Waals surface area (Å²) in [4.78, 5) is 0. The maximum absolute atomic E-state index is 3.93. The molecule has 0 heterocycles. The Balaban J connectivity index is 2.12. The molecule has 1 aliphatic carbocycles. The monoisotopic (exact) mass is 306 g/mol. The fraction of sp³-hybridized carbons (Fsp3) is 0.333. The van der Waals surface area contributed by atoms with Crippen molar-refractivity contribution in [2.24, 2.45) is 0 Å². The van der Waals surface area contributed by atoms with Crippen LogP contribution in [0.4, 0.5) is 0 Å². The SMILES string of the molecule is C=C(Br)C(C)(C)NNC1=CCCc2ccccc21. The van der Waals surface area contributed by atoms with E-state index in [1.807, 2.05) is 0 Å². The van der Waals surface area contributed by atoms with E-state index >= 15 is 0 Å². The summed E-state index contributed by atoms with van der Waals surface area (Å²) in [6.07, 6.45) is 4.44. The number of hydrazine groups is 1. The van der Waals surface area contributed by atoms with Gasteiger partial charge in [0.1, 0.15) is 0 Å². The Labute approximate surface area is 117 Å². The highest BCUT2D eigenvalue weighted by atomic mass is 79.9. The Morgan fingerprint density at radius 3 is 2.78 bits per heavy atom. The zero-order valence-electron chi connectivity index (χ0n) is 10.9. The highest BCUT2D eigenvalue weighted by Gasteiger charge is 2.20. The summed E-state index contributed by atoms with van der Waals surface area (Å²) in [5.41, 5.74) is 10.3. The van der Waals surface area contributed by atoms with Crippen molar-refractivity contribution >= 4 is 21.6 Å². The van der Waals surface area contributed by atoms with Crippen LogP contribution in [0, 0.1) is 0 Å². The van der Waals surface area contributed by atoms with E-state index < -0.39 is 0 Å². The summed E-state index contributed by atoms with van der Waals surface area (Å²) in [5.74, 6) is 0. The Morgan fingerprint density at radius 1 is 1.33 bits per heavy atom. The first-order chi connectivity index (χ1) is 8.50. The van der Waals surface area contributed by atoms with Crippen molar-refractivity contribution in [3.05, 3.63) is 52.5 Å². The highest BCUT2D eigenvalue weighted by molar-refractivity contribution is 9.11. The van der Waals surface area contributed by atoms with Gasteiger partial charge in [-0.25, -0.2) is 5.43 Å². The molecule has 1 aromatic carbocycles. The third kappa shape index (κ3) is 2.85. The first-order valence-electron chi connectivity index (χ1n) is 6.17. The first kappa shape index (κ1) is 13.4. The molecule has 0 amide bonds. The molecule has 0 bridgehead atoms. The fourth-order valence-electron chi connectivity index (χ4n) is 1.89. The molecule has 0 saturated carbocycles. The molecule has 0 aromatic heterocycles. The standard InChI is InChI=1S/C15H19BrN2/c1-11(16)15(2,3)18-17-14-10-6-8-12-7-4-5-9-13(12)14/h4-5,7,9-10,17-18H,1,6,8H2,2-3H3. The van der Waals surface area contributed by atoms with Gasteiger partial charge in [-0.3, -0.25) is 0 Å². The Hall–Kier alpha value is -1.06. The van der Waals surface area contributed by atoms with Crippen molar-refractivity contribution in [2.45, 2.75) is 32.2 Å². The second-order valence-electron chi connectivity index (χ2n) is 5.09. The number of halogens is 1. The molecule has 0 saturated heterocycles. The van der Waals surface area contributed by atoms with Gasteiger partial charge >= 0.3 is 0 Å². The molecule has 2 N–H and O–H groups in total. The molecule has 0 aliphatic heterocycles. The number of benzene rings is 1. The number of allylic oxidation sites excluding steroid dienone is 1. The highest BCUT2D eigenvalue weighted by Crippen LogP contribution is 2.25. The number of hydrogen-bond acceptors (Lipinski definition) is 2. The van der Waals surface area contributed by atoms with Crippen molar-refractivity contribution in [3.8, 4) is 0 Å². The normalized spacial score (nSPS) is 14.7. The van der Waals surface area contributed by atoms with E-state index in [0.29, 0.717) is 0 Å². The van der Waals surface area contributed by atoms with Gasteiger partial charge in [-0.05, 0) is 32.3 Å². The van der Waals surface area contributed by atoms with Crippen LogP contribution in [0.2, 0.25) is 0 Å². The number of rotatable bonds is 4. The second-order valence-corrected chi connectivity index (χ2v) is 6.05. The van der Waals surface area contributed by atoms with Crippen molar-refractivity contribution in [1.29, 1.82) is 0 Å². The summed E-state index contributed by atoms with van der Waals surface area (Å²) >= 11 is 3.44. The number of aryl methyl sites for hydroxylation is 1. The molecule has 0 radical (unpaired) electrons. The van der Waals surface area contributed by atoms with E-state index in [9.17, 15) is 0 Å². The zero-order valence-corrected chi connectivity index (χ0v) is 12.5. The van der Waals surface area contributed by atoms with Crippen LogP contribution in [-0.2, 0) is 6.42 Å². The average molecular weight is 307 g/mol. The lowest BCUT2D eigenvalue weighted by Gasteiger charge is -2.29. The Kier molecular flexibility index (Phi) is 3.93. The van der Waals surface area contributed by atoms with Gasteiger partial charge in [0.2, 0.25) is 0 Å². The molecule has 0 unspecified atom stereocenters. The van der Waals surface area contributed by atoms with Crippen LogP contribution in [0.25, 0.3) is 5.70 Å². The summed E-state index contributed by atoms with van der Waals surface area (Å²) in [6.45, 7) is 8.08. The quantitative estimate of drug-likeness (QED) is 0.828.